The van der Waals surface area contributed by atoms with Crippen molar-refractivity contribution in [2.75, 3.05) is 12.4 Å². The van der Waals surface area contributed by atoms with Crippen molar-refractivity contribution in [3.05, 3.63) is 23.0 Å². The highest BCUT2D eigenvalue weighted by Gasteiger charge is 2.17. The molecule has 14 heavy (non-hydrogen) atoms. The Hall–Kier alpha value is -1.96. The van der Waals surface area contributed by atoms with Gasteiger partial charge >= 0.3 is 5.97 Å². The molecule has 0 fully saturated rings. The van der Waals surface area contributed by atoms with Crippen LogP contribution >= 0.6 is 0 Å². The Bertz CT molecular complexity index is 401. The second kappa shape index (κ2) is 3.83. The van der Waals surface area contributed by atoms with Gasteiger partial charge in [-0.25, -0.2) is 4.79 Å². The number of nitrogens with zero attached hydrogens (tertiary/aromatic N) is 2. The number of nitriles is 1. The van der Waals surface area contributed by atoms with Gasteiger partial charge in [-0.2, -0.15) is 5.26 Å². The fraction of sp³-hybridized carbons (Fsp3) is 0.333. The van der Waals surface area contributed by atoms with Crippen molar-refractivity contribution < 1.29 is 9.53 Å². The molecule has 1 aromatic rings. The third-order valence-corrected chi connectivity index (χ3v) is 1.89. The molecule has 0 aromatic carbocycles. The van der Waals surface area contributed by atoms with Crippen LogP contribution < -0.4 is 5.84 Å². The van der Waals surface area contributed by atoms with Crippen LogP contribution in [0, 0.1) is 18.3 Å². The van der Waals surface area contributed by atoms with E-state index in [1.165, 1.54) is 6.20 Å². The van der Waals surface area contributed by atoms with Gasteiger partial charge in [-0.1, -0.05) is 0 Å². The maximum Gasteiger partial charge on any atom is 0.340 e. The van der Waals surface area contributed by atoms with Crippen molar-refractivity contribution >= 4 is 5.97 Å². The number of aromatic nitrogens is 1. The topological polar surface area (TPSA) is 81.0 Å². The van der Waals surface area contributed by atoms with Crippen LogP contribution in [0.1, 0.15) is 28.5 Å². The molecule has 0 amide bonds. The molecular weight excluding hydrogens is 182 g/mol. The van der Waals surface area contributed by atoms with E-state index in [1.54, 1.807) is 13.8 Å². The van der Waals surface area contributed by atoms with Crippen molar-refractivity contribution in [3.63, 3.8) is 0 Å². The molecule has 74 valence electrons. The summed E-state index contributed by atoms with van der Waals surface area (Å²) in [4.78, 5) is 11.3. The number of nitrogen functional groups attached to an aromatic ring is 1. The minimum Gasteiger partial charge on any atom is -0.462 e. The molecule has 1 rings (SSSR count). The van der Waals surface area contributed by atoms with E-state index in [1.807, 2.05) is 6.07 Å². The monoisotopic (exact) mass is 193 g/mol. The second-order valence-corrected chi connectivity index (χ2v) is 2.76. The Morgan fingerprint density at radius 2 is 2.43 bits per heavy atom. The van der Waals surface area contributed by atoms with E-state index in [0.717, 1.165) is 4.68 Å². The third-order valence-electron chi connectivity index (χ3n) is 1.89. The van der Waals surface area contributed by atoms with Crippen molar-refractivity contribution in [3.8, 4) is 6.07 Å². The van der Waals surface area contributed by atoms with Crippen LogP contribution in [0.4, 0.5) is 0 Å². The Kier molecular flexibility index (Phi) is 2.77. The highest BCUT2D eigenvalue weighted by Crippen LogP contribution is 2.14. The molecule has 5 nitrogen and oxygen atoms in total. The molecule has 1 heterocycles. The summed E-state index contributed by atoms with van der Waals surface area (Å²) < 4.78 is 5.93. The lowest BCUT2D eigenvalue weighted by atomic mass is 10.2. The molecule has 0 spiro atoms. The highest BCUT2D eigenvalue weighted by molar-refractivity contribution is 5.91. The summed E-state index contributed by atoms with van der Waals surface area (Å²) in [5.74, 6) is 5.02. The second-order valence-electron chi connectivity index (χ2n) is 2.76. The van der Waals surface area contributed by atoms with Crippen molar-refractivity contribution in [1.82, 2.24) is 4.68 Å². The van der Waals surface area contributed by atoms with Crippen molar-refractivity contribution in [2.45, 2.75) is 13.8 Å². The van der Waals surface area contributed by atoms with Crippen LogP contribution in [0.3, 0.4) is 0 Å². The minimum atomic E-state index is -0.453. The van der Waals surface area contributed by atoms with Gasteiger partial charge in [-0.05, 0) is 13.8 Å². The zero-order chi connectivity index (χ0) is 10.7. The summed E-state index contributed by atoms with van der Waals surface area (Å²) in [6.07, 6.45) is 1.39. The number of hydrogen-bond donors (Lipinski definition) is 1. The van der Waals surface area contributed by atoms with Crippen LogP contribution in [0.25, 0.3) is 0 Å². The smallest absolute Gasteiger partial charge is 0.340 e. The van der Waals surface area contributed by atoms with Crippen LogP contribution in [0.2, 0.25) is 0 Å². The fourth-order valence-corrected chi connectivity index (χ4v) is 1.18. The maximum atomic E-state index is 11.3. The minimum absolute atomic E-state index is 0.271. The van der Waals surface area contributed by atoms with E-state index in [2.05, 4.69) is 0 Å². The molecule has 0 aliphatic rings. The van der Waals surface area contributed by atoms with Gasteiger partial charge in [0.2, 0.25) is 0 Å². The van der Waals surface area contributed by atoms with Crippen LogP contribution in [-0.4, -0.2) is 17.3 Å². The number of esters is 1. The maximum absolute atomic E-state index is 11.3. The summed E-state index contributed by atoms with van der Waals surface area (Å²) in [6.45, 7) is 3.68. The summed E-state index contributed by atoms with van der Waals surface area (Å²) in [5, 5.41) is 8.72. The van der Waals surface area contributed by atoms with Gasteiger partial charge < -0.3 is 10.6 Å². The van der Waals surface area contributed by atoms with Gasteiger partial charge in [0.25, 0.3) is 0 Å². The average molecular weight is 193 g/mol. The van der Waals surface area contributed by atoms with E-state index in [0.29, 0.717) is 17.7 Å². The Labute approximate surface area is 81.7 Å². The lowest BCUT2D eigenvalue weighted by molar-refractivity contribution is 0.0525. The molecule has 5 heteroatoms. The molecule has 0 aliphatic carbocycles. The Balaban J connectivity index is 3.13. The molecule has 0 aliphatic heterocycles. The predicted octanol–water partition coefficient (Wildman–Crippen LogP) is 0.559. The lowest BCUT2D eigenvalue weighted by Gasteiger charge is -1.98. The number of nitrogens with two attached hydrogens (primary N) is 1. The molecule has 0 radical (unpaired) electrons. The molecule has 2 N–H and O–H groups in total. The lowest BCUT2D eigenvalue weighted by Crippen LogP contribution is -2.09. The Morgan fingerprint density at radius 3 is 2.86 bits per heavy atom. The number of carbonyl (C=O) groups is 1. The SMILES string of the molecule is CCOC(=O)c1cn(N)c(C#N)c1C. The van der Waals surface area contributed by atoms with Gasteiger partial charge in [0, 0.05) is 11.8 Å². The van der Waals surface area contributed by atoms with Crippen LogP contribution in [0.5, 0.6) is 0 Å². The average Bonchev–Trinajstić information content (AvgIpc) is 2.42. The molecular formula is C9H11N3O2. The molecule has 0 bridgehead atoms. The zero-order valence-electron chi connectivity index (χ0n) is 8.07. The molecule has 0 atom stereocenters. The first-order valence-corrected chi connectivity index (χ1v) is 4.16. The van der Waals surface area contributed by atoms with Gasteiger partial charge in [-0.3, -0.25) is 4.68 Å². The van der Waals surface area contributed by atoms with E-state index in [9.17, 15) is 4.79 Å². The molecule has 1 aromatic heterocycles. The first-order chi connectivity index (χ1) is 6.61. The zero-order valence-corrected chi connectivity index (χ0v) is 8.07. The van der Waals surface area contributed by atoms with E-state index in [4.69, 9.17) is 15.8 Å². The van der Waals surface area contributed by atoms with E-state index in [-0.39, 0.29) is 5.69 Å². The van der Waals surface area contributed by atoms with Crippen molar-refractivity contribution in [2.24, 2.45) is 0 Å². The largest absolute Gasteiger partial charge is 0.462 e. The van der Waals surface area contributed by atoms with Gasteiger partial charge in [0.15, 0.2) is 0 Å². The molecule has 0 unspecified atom stereocenters. The summed E-state index contributed by atoms with van der Waals surface area (Å²) in [7, 11) is 0. The van der Waals surface area contributed by atoms with Gasteiger partial charge in [0.1, 0.15) is 11.8 Å². The van der Waals surface area contributed by atoms with Gasteiger partial charge in [-0.15, -0.1) is 0 Å². The number of hydrogen-bond acceptors (Lipinski definition) is 4. The highest BCUT2D eigenvalue weighted by atomic mass is 16.5. The number of carbonyl (C=O) groups excluding carboxylic acids is 1. The first kappa shape index (κ1) is 10.1. The first-order valence-electron chi connectivity index (χ1n) is 4.16. The Morgan fingerprint density at radius 1 is 1.79 bits per heavy atom. The van der Waals surface area contributed by atoms with E-state index < -0.39 is 5.97 Å². The number of ether oxygens (including phenoxy) is 1. The van der Waals surface area contributed by atoms with Gasteiger partial charge in [0.05, 0.1) is 12.2 Å². The van der Waals surface area contributed by atoms with Crippen LogP contribution in [0.15, 0.2) is 6.20 Å². The summed E-state index contributed by atoms with van der Waals surface area (Å²) >= 11 is 0. The summed E-state index contributed by atoms with van der Waals surface area (Å²) in [6, 6.07) is 1.91. The van der Waals surface area contributed by atoms with Crippen LogP contribution in [-0.2, 0) is 4.74 Å². The van der Waals surface area contributed by atoms with E-state index >= 15 is 0 Å². The predicted molar refractivity (Wildman–Crippen MR) is 50.0 cm³/mol. The quantitative estimate of drug-likeness (QED) is 0.549. The fourth-order valence-electron chi connectivity index (χ4n) is 1.18. The third kappa shape index (κ3) is 1.55. The number of rotatable bonds is 2. The van der Waals surface area contributed by atoms with Crippen molar-refractivity contribution in [1.29, 1.82) is 5.26 Å². The standard InChI is InChI=1S/C9H11N3O2/c1-3-14-9(13)7-5-12(11)8(4-10)6(7)2/h5H,3,11H2,1-2H3. The molecule has 0 saturated heterocycles. The molecule has 0 saturated carbocycles. The summed E-state index contributed by atoms with van der Waals surface area (Å²) in [5.41, 5.74) is 1.16. The normalized spacial score (nSPS) is 9.50.